The van der Waals surface area contributed by atoms with Crippen LogP contribution in [0.5, 0.6) is 5.75 Å². The molecule has 1 aromatic carbocycles. The Balaban J connectivity index is 2.19. The number of benzene rings is 1. The number of nitrogens with zero attached hydrogens (tertiary/aromatic N) is 1. The topological polar surface area (TPSA) is 40.2 Å². The van der Waals surface area contributed by atoms with Crippen molar-refractivity contribution in [3.05, 3.63) is 48.8 Å². The molecule has 0 unspecified atom stereocenters. The average Bonchev–Trinajstić information content (AvgIpc) is 2.80. The molecule has 0 atom stereocenters. The summed E-state index contributed by atoms with van der Waals surface area (Å²) >= 11 is 0. The van der Waals surface area contributed by atoms with Crippen LogP contribution in [-0.2, 0) is 0 Å². The molecule has 1 aromatic heterocycles. The molecule has 0 saturated carbocycles. The van der Waals surface area contributed by atoms with E-state index in [4.69, 9.17) is 10.5 Å². The Morgan fingerprint density at radius 1 is 1.13 bits per heavy atom. The molecule has 0 spiro atoms. The van der Waals surface area contributed by atoms with Crippen molar-refractivity contribution in [1.29, 1.82) is 0 Å². The Kier molecular flexibility index (Phi) is 3.05. The van der Waals surface area contributed by atoms with Gasteiger partial charge in [0.25, 0.3) is 0 Å². The molecule has 0 saturated heterocycles. The first kappa shape index (κ1) is 9.80. The fourth-order valence-electron chi connectivity index (χ4n) is 1.42. The molecule has 3 nitrogen and oxygen atoms in total. The van der Waals surface area contributed by atoms with Crippen molar-refractivity contribution >= 4 is 0 Å². The SMILES string of the molecule is NCCOc1cccc(-n2cccc2)c1. The lowest BCUT2D eigenvalue weighted by Gasteiger charge is -2.07. The van der Waals surface area contributed by atoms with Crippen molar-refractivity contribution in [1.82, 2.24) is 4.57 Å². The molecule has 15 heavy (non-hydrogen) atoms. The van der Waals surface area contributed by atoms with Gasteiger partial charge in [0.1, 0.15) is 12.4 Å². The van der Waals surface area contributed by atoms with Crippen molar-refractivity contribution in [3.8, 4) is 11.4 Å². The molecule has 0 fully saturated rings. The van der Waals surface area contributed by atoms with Gasteiger partial charge in [-0.15, -0.1) is 0 Å². The van der Waals surface area contributed by atoms with Crippen LogP contribution in [0.3, 0.4) is 0 Å². The fourth-order valence-corrected chi connectivity index (χ4v) is 1.42. The van der Waals surface area contributed by atoms with E-state index in [0.29, 0.717) is 13.2 Å². The normalized spacial score (nSPS) is 10.2. The molecular weight excluding hydrogens is 188 g/mol. The zero-order valence-electron chi connectivity index (χ0n) is 8.47. The van der Waals surface area contributed by atoms with Crippen LogP contribution in [0.4, 0.5) is 0 Å². The summed E-state index contributed by atoms with van der Waals surface area (Å²) in [6.07, 6.45) is 4.00. The molecule has 0 radical (unpaired) electrons. The Morgan fingerprint density at radius 3 is 2.67 bits per heavy atom. The molecular formula is C12H14N2O. The van der Waals surface area contributed by atoms with E-state index in [1.807, 2.05) is 53.4 Å². The minimum Gasteiger partial charge on any atom is -0.492 e. The lowest BCUT2D eigenvalue weighted by atomic mass is 10.3. The van der Waals surface area contributed by atoms with E-state index in [1.165, 1.54) is 0 Å². The maximum atomic E-state index is 5.46. The van der Waals surface area contributed by atoms with Crippen LogP contribution in [0.25, 0.3) is 5.69 Å². The predicted molar refractivity (Wildman–Crippen MR) is 60.3 cm³/mol. The largest absolute Gasteiger partial charge is 0.492 e. The molecule has 2 rings (SSSR count). The minimum atomic E-state index is 0.535. The standard InChI is InChI=1S/C12H14N2O/c13-6-9-15-12-5-3-4-11(10-12)14-7-1-2-8-14/h1-5,7-8,10H,6,9,13H2. The molecule has 0 aliphatic rings. The summed E-state index contributed by atoms with van der Waals surface area (Å²) < 4.78 is 7.49. The lowest BCUT2D eigenvalue weighted by molar-refractivity contribution is 0.328. The smallest absolute Gasteiger partial charge is 0.121 e. The van der Waals surface area contributed by atoms with Gasteiger partial charge in [-0.3, -0.25) is 0 Å². The second-order valence-corrected chi connectivity index (χ2v) is 3.22. The van der Waals surface area contributed by atoms with E-state index < -0.39 is 0 Å². The van der Waals surface area contributed by atoms with Crippen molar-refractivity contribution in [2.45, 2.75) is 0 Å². The summed E-state index contributed by atoms with van der Waals surface area (Å²) in [4.78, 5) is 0. The highest BCUT2D eigenvalue weighted by atomic mass is 16.5. The molecule has 78 valence electrons. The third kappa shape index (κ3) is 2.39. The van der Waals surface area contributed by atoms with E-state index in [2.05, 4.69) is 0 Å². The van der Waals surface area contributed by atoms with E-state index in [9.17, 15) is 0 Å². The monoisotopic (exact) mass is 202 g/mol. The first-order chi connectivity index (χ1) is 7.40. The molecule has 0 bridgehead atoms. The highest BCUT2D eigenvalue weighted by Crippen LogP contribution is 2.16. The second kappa shape index (κ2) is 4.66. The highest BCUT2D eigenvalue weighted by molar-refractivity contribution is 5.39. The zero-order valence-corrected chi connectivity index (χ0v) is 8.47. The van der Waals surface area contributed by atoms with Gasteiger partial charge in [-0.05, 0) is 24.3 Å². The predicted octanol–water partition coefficient (Wildman–Crippen LogP) is 1.81. The number of hydrogen-bond acceptors (Lipinski definition) is 2. The van der Waals surface area contributed by atoms with E-state index in [0.717, 1.165) is 11.4 Å². The number of nitrogens with two attached hydrogens (primary N) is 1. The zero-order chi connectivity index (χ0) is 10.5. The minimum absolute atomic E-state index is 0.535. The van der Waals surface area contributed by atoms with Crippen LogP contribution >= 0.6 is 0 Å². The summed E-state index contributed by atoms with van der Waals surface area (Å²) in [6, 6.07) is 11.9. The number of hydrogen-bond donors (Lipinski definition) is 1. The third-order valence-electron chi connectivity index (χ3n) is 2.11. The van der Waals surface area contributed by atoms with Gasteiger partial charge in [0.05, 0.1) is 0 Å². The first-order valence-electron chi connectivity index (χ1n) is 4.96. The van der Waals surface area contributed by atoms with Gasteiger partial charge in [0, 0.05) is 30.7 Å². The van der Waals surface area contributed by atoms with Crippen LogP contribution in [0, 0.1) is 0 Å². The molecule has 2 aromatic rings. The van der Waals surface area contributed by atoms with E-state index >= 15 is 0 Å². The van der Waals surface area contributed by atoms with Gasteiger partial charge in [0.2, 0.25) is 0 Å². The van der Waals surface area contributed by atoms with Crippen molar-refractivity contribution in [3.63, 3.8) is 0 Å². The van der Waals surface area contributed by atoms with Gasteiger partial charge in [-0.2, -0.15) is 0 Å². The number of ether oxygens (including phenoxy) is 1. The van der Waals surface area contributed by atoms with Crippen LogP contribution in [0.1, 0.15) is 0 Å². The van der Waals surface area contributed by atoms with Crippen molar-refractivity contribution < 1.29 is 4.74 Å². The maximum absolute atomic E-state index is 5.46. The van der Waals surface area contributed by atoms with Crippen LogP contribution in [0.15, 0.2) is 48.8 Å². The fraction of sp³-hybridized carbons (Fsp3) is 0.167. The molecule has 1 heterocycles. The Labute approximate surface area is 89.1 Å². The molecule has 0 aliphatic carbocycles. The van der Waals surface area contributed by atoms with Gasteiger partial charge < -0.3 is 15.0 Å². The molecule has 3 heteroatoms. The van der Waals surface area contributed by atoms with Crippen molar-refractivity contribution in [2.75, 3.05) is 13.2 Å². The van der Waals surface area contributed by atoms with Gasteiger partial charge in [-0.25, -0.2) is 0 Å². The quantitative estimate of drug-likeness (QED) is 0.821. The van der Waals surface area contributed by atoms with Crippen LogP contribution in [-0.4, -0.2) is 17.7 Å². The summed E-state index contributed by atoms with van der Waals surface area (Å²) in [7, 11) is 0. The first-order valence-corrected chi connectivity index (χ1v) is 4.96. The Bertz CT molecular complexity index is 409. The van der Waals surface area contributed by atoms with Crippen LogP contribution in [0.2, 0.25) is 0 Å². The van der Waals surface area contributed by atoms with Crippen molar-refractivity contribution in [2.24, 2.45) is 5.73 Å². The van der Waals surface area contributed by atoms with Gasteiger partial charge in [-0.1, -0.05) is 6.07 Å². The Morgan fingerprint density at radius 2 is 1.93 bits per heavy atom. The maximum Gasteiger partial charge on any atom is 0.121 e. The summed E-state index contributed by atoms with van der Waals surface area (Å²) in [6.45, 7) is 1.09. The second-order valence-electron chi connectivity index (χ2n) is 3.22. The summed E-state index contributed by atoms with van der Waals surface area (Å²) in [5, 5.41) is 0. The average molecular weight is 202 g/mol. The van der Waals surface area contributed by atoms with Gasteiger partial charge in [0.15, 0.2) is 0 Å². The van der Waals surface area contributed by atoms with Gasteiger partial charge >= 0.3 is 0 Å². The number of aromatic nitrogens is 1. The third-order valence-corrected chi connectivity index (χ3v) is 2.11. The molecule has 0 amide bonds. The van der Waals surface area contributed by atoms with E-state index in [-0.39, 0.29) is 0 Å². The van der Waals surface area contributed by atoms with Crippen LogP contribution < -0.4 is 10.5 Å². The lowest BCUT2D eigenvalue weighted by Crippen LogP contribution is -2.10. The highest BCUT2D eigenvalue weighted by Gasteiger charge is 1.97. The summed E-state index contributed by atoms with van der Waals surface area (Å²) in [5.41, 5.74) is 6.47. The molecule has 0 aliphatic heterocycles. The molecule has 2 N–H and O–H groups in total. The summed E-state index contributed by atoms with van der Waals surface area (Å²) in [5.74, 6) is 0.853. The Hall–Kier alpha value is -1.74. The van der Waals surface area contributed by atoms with E-state index in [1.54, 1.807) is 0 Å². The number of rotatable bonds is 4.